The highest BCUT2D eigenvalue weighted by atomic mass is 16.5. The Morgan fingerprint density at radius 3 is 2.78 bits per heavy atom. The minimum absolute atomic E-state index is 0.161. The van der Waals surface area contributed by atoms with Gasteiger partial charge in [-0.15, -0.1) is 0 Å². The van der Waals surface area contributed by atoms with E-state index >= 15 is 0 Å². The zero-order chi connectivity index (χ0) is 21.8. The summed E-state index contributed by atoms with van der Waals surface area (Å²) in [4.78, 5) is 43.4. The van der Waals surface area contributed by atoms with Gasteiger partial charge in [-0.2, -0.15) is 0 Å². The van der Waals surface area contributed by atoms with Crippen LogP contribution in [0.5, 0.6) is 5.75 Å². The number of carbonyl (C=O) groups is 3. The van der Waals surface area contributed by atoms with Crippen molar-refractivity contribution in [1.82, 2.24) is 15.1 Å². The van der Waals surface area contributed by atoms with E-state index in [1.807, 2.05) is 6.07 Å². The highest BCUT2D eigenvalue weighted by molar-refractivity contribution is 6.05. The van der Waals surface area contributed by atoms with Gasteiger partial charge in [-0.05, 0) is 36.5 Å². The lowest BCUT2D eigenvalue weighted by Gasteiger charge is -2.46. The van der Waals surface area contributed by atoms with Crippen molar-refractivity contribution in [1.29, 1.82) is 0 Å². The van der Waals surface area contributed by atoms with Gasteiger partial charge >= 0.3 is 0 Å². The second-order valence-electron chi connectivity index (χ2n) is 9.52. The van der Waals surface area contributed by atoms with E-state index in [2.05, 4.69) is 21.2 Å². The first-order valence-electron chi connectivity index (χ1n) is 11.6. The summed E-state index contributed by atoms with van der Waals surface area (Å²) in [6.07, 6.45) is 1.78. The van der Waals surface area contributed by atoms with Crippen LogP contribution in [0.1, 0.15) is 35.2 Å². The summed E-state index contributed by atoms with van der Waals surface area (Å²) in [5.41, 5.74) is 2.57. The van der Waals surface area contributed by atoms with Gasteiger partial charge in [-0.1, -0.05) is 0 Å². The molecule has 32 heavy (non-hydrogen) atoms. The molecule has 3 fully saturated rings. The summed E-state index contributed by atoms with van der Waals surface area (Å²) < 4.78 is 11.6. The maximum Gasteiger partial charge on any atom is 0.255 e. The van der Waals surface area contributed by atoms with Crippen molar-refractivity contribution in [2.75, 3.05) is 50.9 Å². The number of carbonyl (C=O) groups excluding carboxylic acids is 3. The third kappa shape index (κ3) is 3.34. The number of hydrogen-bond donors (Lipinski definition) is 1. The molecule has 0 bridgehead atoms. The monoisotopic (exact) mass is 440 g/mol. The molecule has 0 radical (unpaired) electrons. The smallest absolute Gasteiger partial charge is 0.255 e. The first-order chi connectivity index (χ1) is 15.6. The molecule has 1 N–H and O–H groups in total. The molecule has 9 heteroatoms. The molecular formula is C23H28N4O5. The molecule has 0 unspecified atom stereocenters. The number of rotatable bonds is 3. The van der Waals surface area contributed by atoms with Gasteiger partial charge in [0.1, 0.15) is 18.4 Å². The Kier molecular flexibility index (Phi) is 4.83. The number of nitrogens with zero attached hydrogens (tertiary/aromatic N) is 3. The Labute approximate surface area is 186 Å². The number of benzene rings is 1. The fourth-order valence-electron chi connectivity index (χ4n) is 5.75. The van der Waals surface area contributed by atoms with Gasteiger partial charge in [0.05, 0.1) is 18.3 Å². The van der Waals surface area contributed by atoms with E-state index in [1.54, 1.807) is 4.90 Å². The predicted octanol–water partition coefficient (Wildman–Crippen LogP) is 0.367. The summed E-state index contributed by atoms with van der Waals surface area (Å²) in [6.45, 7) is 6.72. The third-order valence-corrected chi connectivity index (χ3v) is 7.45. The van der Waals surface area contributed by atoms with Gasteiger partial charge in [-0.25, -0.2) is 0 Å². The van der Waals surface area contributed by atoms with Crippen LogP contribution in [0.4, 0.5) is 5.69 Å². The second-order valence-corrected chi connectivity index (χ2v) is 9.52. The molecule has 0 spiro atoms. The Morgan fingerprint density at radius 2 is 1.97 bits per heavy atom. The van der Waals surface area contributed by atoms with Gasteiger partial charge in [0.2, 0.25) is 11.8 Å². The van der Waals surface area contributed by atoms with Crippen LogP contribution >= 0.6 is 0 Å². The molecule has 3 amide bonds. The van der Waals surface area contributed by atoms with Crippen LogP contribution in [-0.2, 0) is 20.9 Å². The van der Waals surface area contributed by atoms with Gasteiger partial charge in [-0.3, -0.25) is 24.6 Å². The van der Waals surface area contributed by atoms with E-state index in [0.29, 0.717) is 37.1 Å². The van der Waals surface area contributed by atoms with Crippen LogP contribution in [0.2, 0.25) is 0 Å². The molecular weight excluding hydrogens is 412 g/mol. The standard InChI is InChI=1S/C23H28N4O5/c28-21-2-1-18(22(29)24-21)27-10-15-7-19-20(8-17(15)23(27)30)32-13-16-11-25(4-5-26(16)19)9-14-3-6-31-12-14/h7-8,14,16,18H,1-6,9-13H2,(H,24,28,29)/t14-,16-,18+/m0/s1. The Hall–Kier alpha value is -2.65. The highest BCUT2D eigenvalue weighted by Gasteiger charge is 2.41. The normalized spacial score (nSPS) is 30.0. The van der Waals surface area contributed by atoms with Gasteiger partial charge < -0.3 is 19.3 Å². The van der Waals surface area contributed by atoms with Crippen LogP contribution in [0.3, 0.4) is 0 Å². The molecule has 0 saturated carbocycles. The van der Waals surface area contributed by atoms with Gasteiger partial charge in [0.15, 0.2) is 0 Å². The number of fused-ring (bicyclic) bond motifs is 4. The van der Waals surface area contributed by atoms with Crippen molar-refractivity contribution < 1.29 is 23.9 Å². The predicted molar refractivity (Wildman–Crippen MR) is 114 cm³/mol. The first-order valence-corrected chi connectivity index (χ1v) is 11.6. The molecule has 5 aliphatic rings. The number of hydrogen-bond acceptors (Lipinski definition) is 7. The van der Waals surface area contributed by atoms with Crippen molar-refractivity contribution in [3.8, 4) is 5.75 Å². The van der Waals surface area contributed by atoms with Crippen LogP contribution in [-0.4, -0.2) is 85.6 Å². The Balaban J connectivity index is 1.19. The summed E-state index contributed by atoms with van der Waals surface area (Å²) in [5, 5.41) is 2.36. The second kappa shape index (κ2) is 7.74. The largest absolute Gasteiger partial charge is 0.489 e. The van der Waals surface area contributed by atoms with Gasteiger partial charge in [0, 0.05) is 51.3 Å². The van der Waals surface area contributed by atoms with Crippen LogP contribution < -0.4 is 15.0 Å². The molecule has 1 aromatic rings. The van der Waals surface area contributed by atoms with E-state index in [4.69, 9.17) is 9.47 Å². The van der Waals surface area contributed by atoms with E-state index < -0.39 is 6.04 Å². The quantitative estimate of drug-likeness (QED) is 0.679. The Morgan fingerprint density at radius 1 is 1.06 bits per heavy atom. The zero-order valence-electron chi connectivity index (χ0n) is 18.0. The van der Waals surface area contributed by atoms with Crippen molar-refractivity contribution in [2.24, 2.45) is 5.92 Å². The van der Waals surface area contributed by atoms with Crippen molar-refractivity contribution in [3.63, 3.8) is 0 Å². The summed E-state index contributed by atoms with van der Waals surface area (Å²) in [5.74, 6) is 0.561. The highest BCUT2D eigenvalue weighted by Crippen LogP contribution is 2.41. The zero-order valence-corrected chi connectivity index (χ0v) is 18.0. The molecule has 3 atom stereocenters. The van der Waals surface area contributed by atoms with Crippen LogP contribution in [0.25, 0.3) is 0 Å². The number of piperazine rings is 1. The maximum atomic E-state index is 13.1. The number of nitrogens with one attached hydrogen (secondary N) is 1. The van der Waals surface area contributed by atoms with Gasteiger partial charge in [0.25, 0.3) is 5.91 Å². The molecule has 3 saturated heterocycles. The van der Waals surface area contributed by atoms with E-state index in [0.717, 1.165) is 62.8 Å². The van der Waals surface area contributed by atoms with E-state index in [1.165, 1.54) is 0 Å². The van der Waals surface area contributed by atoms with Crippen LogP contribution in [0.15, 0.2) is 12.1 Å². The lowest BCUT2D eigenvalue weighted by atomic mass is 10.0. The number of ether oxygens (including phenoxy) is 2. The minimum Gasteiger partial charge on any atom is -0.489 e. The first kappa shape index (κ1) is 20.0. The molecule has 6 rings (SSSR count). The summed E-state index contributed by atoms with van der Waals surface area (Å²) >= 11 is 0. The fraction of sp³-hybridized carbons (Fsp3) is 0.609. The molecule has 0 aromatic heterocycles. The third-order valence-electron chi connectivity index (χ3n) is 7.45. The van der Waals surface area contributed by atoms with E-state index in [-0.39, 0.29) is 24.1 Å². The fourth-order valence-corrected chi connectivity index (χ4v) is 5.75. The van der Waals surface area contributed by atoms with Crippen molar-refractivity contribution in [2.45, 2.75) is 37.9 Å². The molecule has 1 aromatic carbocycles. The topological polar surface area (TPSA) is 91.4 Å². The summed E-state index contributed by atoms with van der Waals surface area (Å²) in [7, 11) is 0. The molecule has 5 heterocycles. The Bertz CT molecular complexity index is 975. The number of piperidine rings is 1. The summed E-state index contributed by atoms with van der Waals surface area (Å²) in [6, 6.07) is 3.61. The minimum atomic E-state index is -0.596. The molecule has 9 nitrogen and oxygen atoms in total. The average molecular weight is 441 g/mol. The van der Waals surface area contributed by atoms with Crippen LogP contribution in [0, 0.1) is 5.92 Å². The molecule has 170 valence electrons. The number of amides is 3. The number of anilines is 1. The maximum absolute atomic E-state index is 13.1. The number of imide groups is 1. The molecule has 0 aliphatic carbocycles. The lowest BCUT2D eigenvalue weighted by Crippen LogP contribution is -2.57. The van der Waals surface area contributed by atoms with Crippen molar-refractivity contribution in [3.05, 3.63) is 23.3 Å². The average Bonchev–Trinajstić information content (AvgIpc) is 3.40. The lowest BCUT2D eigenvalue weighted by molar-refractivity contribution is -0.136. The van der Waals surface area contributed by atoms with E-state index in [9.17, 15) is 14.4 Å². The van der Waals surface area contributed by atoms with Crippen molar-refractivity contribution >= 4 is 23.4 Å². The SMILES string of the molecule is O=C1CC[C@@H](N2Cc3cc4c(cc3C2=O)OC[C@@H]2CN(C[C@@H]3CCOC3)CCN42)C(=O)N1. The molecule has 5 aliphatic heterocycles.